The van der Waals surface area contributed by atoms with Crippen LogP contribution in [0.4, 0.5) is 0 Å². The third-order valence-electron chi connectivity index (χ3n) is 2.50. The van der Waals surface area contributed by atoms with E-state index in [0.717, 1.165) is 17.4 Å². The molecule has 2 rings (SSSR count). The maximum absolute atomic E-state index is 11.1. The molecule has 0 atom stereocenters. The van der Waals surface area contributed by atoms with Crippen LogP contribution in [0.5, 0.6) is 0 Å². The zero-order chi connectivity index (χ0) is 12.3. The van der Waals surface area contributed by atoms with E-state index in [0.29, 0.717) is 11.1 Å². The largest absolute Gasteiger partial charge is 0.366 e. The Bertz CT molecular complexity index is 576. The van der Waals surface area contributed by atoms with Crippen LogP contribution in [0.3, 0.4) is 0 Å². The molecule has 0 spiro atoms. The van der Waals surface area contributed by atoms with Gasteiger partial charge in [-0.1, -0.05) is 30.3 Å². The van der Waals surface area contributed by atoms with Crippen LogP contribution in [-0.2, 0) is 0 Å². The summed E-state index contributed by atoms with van der Waals surface area (Å²) in [7, 11) is 0. The second-order valence-electron chi connectivity index (χ2n) is 3.69. The monoisotopic (exact) mass is 225 g/mol. The minimum atomic E-state index is -0.460. The summed E-state index contributed by atoms with van der Waals surface area (Å²) in [6.07, 6.45) is 0.793. The van der Waals surface area contributed by atoms with Crippen molar-refractivity contribution in [1.29, 1.82) is 0 Å². The summed E-state index contributed by atoms with van der Waals surface area (Å²) in [5.74, 6) is -0.460. The standard InChI is InChI=1S/C14H11NO2/c15-14(17)13-6-2-5-12(8-13)11-4-1-3-10(7-11)9-16/h1-9H,(H2,15,17). The summed E-state index contributed by atoms with van der Waals surface area (Å²) in [4.78, 5) is 21.8. The summed E-state index contributed by atoms with van der Waals surface area (Å²) >= 11 is 0. The lowest BCUT2D eigenvalue weighted by Crippen LogP contribution is -2.10. The van der Waals surface area contributed by atoms with E-state index < -0.39 is 5.91 Å². The summed E-state index contributed by atoms with van der Waals surface area (Å²) in [6.45, 7) is 0. The van der Waals surface area contributed by atoms with Crippen molar-refractivity contribution in [3.8, 4) is 11.1 Å². The normalized spacial score (nSPS) is 9.88. The van der Waals surface area contributed by atoms with Crippen LogP contribution in [0.25, 0.3) is 11.1 Å². The summed E-state index contributed by atoms with van der Waals surface area (Å²) in [5, 5.41) is 0. The van der Waals surface area contributed by atoms with E-state index in [-0.39, 0.29) is 0 Å². The van der Waals surface area contributed by atoms with Crippen molar-refractivity contribution < 1.29 is 9.59 Å². The molecule has 2 aromatic carbocycles. The molecule has 0 aromatic heterocycles. The second-order valence-corrected chi connectivity index (χ2v) is 3.69. The lowest BCUT2D eigenvalue weighted by Gasteiger charge is -2.04. The number of carbonyl (C=O) groups is 2. The quantitative estimate of drug-likeness (QED) is 0.814. The molecule has 0 bridgehead atoms. The second kappa shape index (κ2) is 4.61. The molecule has 1 amide bonds. The summed E-state index contributed by atoms with van der Waals surface area (Å²) in [5.41, 5.74) is 8.04. The maximum atomic E-state index is 11.1. The van der Waals surface area contributed by atoms with E-state index in [2.05, 4.69) is 0 Å². The van der Waals surface area contributed by atoms with Gasteiger partial charge in [-0.05, 0) is 29.3 Å². The topological polar surface area (TPSA) is 60.2 Å². The highest BCUT2D eigenvalue weighted by atomic mass is 16.1. The minimum Gasteiger partial charge on any atom is -0.366 e. The molecule has 0 saturated heterocycles. The molecule has 3 heteroatoms. The van der Waals surface area contributed by atoms with Crippen LogP contribution < -0.4 is 5.73 Å². The smallest absolute Gasteiger partial charge is 0.248 e. The molecule has 0 unspecified atom stereocenters. The lowest BCUT2D eigenvalue weighted by molar-refractivity contribution is 0.1000. The van der Waals surface area contributed by atoms with Crippen molar-refractivity contribution in [3.63, 3.8) is 0 Å². The van der Waals surface area contributed by atoms with Gasteiger partial charge in [0.25, 0.3) is 0 Å². The highest BCUT2D eigenvalue weighted by Gasteiger charge is 2.03. The number of amides is 1. The molecule has 3 nitrogen and oxygen atoms in total. The van der Waals surface area contributed by atoms with Gasteiger partial charge in [0.2, 0.25) is 5.91 Å². The van der Waals surface area contributed by atoms with Gasteiger partial charge in [0.1, 0.15) is 6.29 Å². The summed E-state index contributed by atoms with van der Waals surface area (Å²) < 4.78 is 0. The van der Waals surface area contributed by atoms with Crippen molar-refractivity contribution in [2.75, 3.05) is 0 Å². The van der Waals surface area contributed by atoms with Crippen LogP contribution in [0, 0.1) is 0 Å². The van der Waals surface area contributed by atoms with E-state index in [1.165, 1.54) is 0 Å². The van der Waals surface area contributed by atoms with Gasteiger partial charge in [0, 0.05) is 11.1 Å². The number of nitrogens with two attached hydrogens (primary N) is 1. The van der Waals surface area contributed by atoms with Gasteiger partial charge in [0.15, 0.2) is 0 Å². The van der Waals surface area contributed by atoms with E-state index >= 15 is 0 Å². The number of carbonyl (C=O) groups excluding carboxylic acids is 2. The predicted molar refractivity (Wildman–Crippen MR) is 65.8 cm³/mol. The fourth-order valence-electron chi connectivity index (χ4n) is 1.64. The zero-order valence-electron chi connectivity index (χ0n) is 9.09. The SMILES string of the molecule is NC(=O)c1cccc(-c2cccc(C=O)c2)c1. The van der Waals surface area contributed by atoms with E-state index in [9.17, 15) is 9.59 Å². The van der Waals surface area contributed by atoms with Gasteiger partial charge < -0.3 is 5.73 Å². The first-order valence-electron chi connectivity index (χ1n) is 5.16. The van der Waals surface area contributed by atoms with Crippen molar-refractivity contribution in [2.24, 2.45) is 5.73 Å². The number of primary amides is 1. The number of hydrogen-bond donors (Lipinski definition) is 1. The highest BCUT2D eigenvalue weighted by Crippen LogP contribution is 2.21. The van der Waals surface area contributed by atoms with Gasteiger partial charge in [-0.15, -0.1) is 0 Å². The lowest BCUT2D eigenvalue weighted by atomic mass is 10.0. The Hall–Kier alpha value is -2.42. The highest BCUT2D eigenvalue weighted by molar-refractivity contribution is 5.94. The van der Waals surface area contributed by atoms with Gasteiger partial charge in [0.05, 0.1) is 0 Å². The summed E-state index contributed by atoms with van der Waals surface area (Å²) in [6, 6.07) is 14.2. The zero-order valence-corrected chi connectivity index (χ0v) is 9.09. The maximum Gasteiger partial charge on any atom is 0.248 e. The third kappa shape index (κ3) is 2.39. The Morgan fingerprint density at radius 1 is 1.00 bits per heavy atom. The average molecular weight is 225 g/mol. The molecule has 0 heterocycles. The molecule has 0 aliphatic rings. The molecule has 0 fully saturated rings. The van der Waals surface area contributed by atoms with Crippen LogP contribution in [0.15, 0.2) is 48.5 Å². The first kappa shape index (κ1) is 11.1. The number of benzene rings is 2. The molecule has 0 aliphatic heterocycles. The van der Waals surface area contributed by atoms with Crippen LogP contribution >= 0.6 is 0 Å². The third-order valence-corrected chi connectivity index (χ3v) is 2.50. The molecular formula is C14H11NO2. The van der Waals surface area contributed by atoms with Crippen LogP contribution in [-0.4, -0.2) is 12.2 Å². The molecule has 0 saturated carbocycles. The van der Waals surface area contributed by atoms with Crippen molar-refractivity contribution in [3.05, 3.63) is 59.7 Å². The van der Waals surface area contributed by atoms with Crippen molar-refractivity contribution in [2.45, 2.75) is 0 Å². The molecular weight excluding hydrogens is 214 g/mol. The van der Waals surface area contributed by atoms with E-state index in [1.807, 2.05) is 12.1 Å². The Kier molecular flexibility index (Phi) is 3.01. The Labute approximate surface area is 98.9 Å². The van der Waals surface area contributed by atoms with Crippen molar-refractivity contribution in [1.82, 2.24) is 0 Å². The average Bonchev–Trinajstić information content (AvgIpc) is 2.39. The number of rotatable bonds is 3. The van der Waals surface area contributed by atoms with Gasteiger partial charge in [-0.2, -0.15) is 0 Å². The number of hydrogen-bond acceptors (Lipinski definition) is 2. The van der Waals surface area contributed by atoms with E-state index in [4.69, 9.17) is 5.73 Å². The molecule has 2 N–H and O–H groups in total. The molecule has 84 valence electrons. The molecule has 0 aliphatic carbocycles. The van der Waals surface area contributed by atoms with Crippen LogP contribution in [0.1, 0.15) is 20.7 Å². The van der Waals surface area contributed by atoms with Crippen molar-refractivity contribution >= 4 is 12.2 Å². The first-order valence-corrected chi connectivity index (χ1v) is 5.16. The van der Waals surface area contributed by atoms with Gasteiger partial charge in [-0.25, -0.2) is 0 Å². The molecule has 17 heavy (non-hydrogen) atoms. The number of aldehydes is 1. The Balaban J connectivity index is 2.48. The van der Waals surface area contributed by atoms with Gasteiger partial charge >= 0.3 is 0 Å². The molecule has 2 aromatic rings. The molecule has 0 radical (unpaired) electrons. The first-order chi connectivity index (χ1) is 8.20. The Morgan fingerprint density at radius 3 is 2.29 bits per heavy atom. The predicted octanol–water partition coefficient (Wildman–Crippen LogP) is 2.27. The van der Waals surface area contributed by atoms with Gasteiger partial charge in [-0.3, -0.25) is 9.59 Å². The fourth-order valence-corrected chi connectivity index (χ4v) is 1.64. The Morgan fingerprint density at radius 2 is 1.65 bits per heavy atom. The fraction of sp³-hybridized carbons (Fsp3) is 0. The van der Waals surface area contributed by atoms with E-state index in [1.54, 1.807) is 36.4 Å². The van der Waals surface area contributed by atoms with Crippen LogP contribution in [0.2, 0.25) is 0 Å². The minimum absolute atomic E-state index is 0.457.